The van der Waals surface area contributed by atoms with E-state index in [1.165, 1.54) is 7.11 Å². The summed E-state index contributed by atoms with van der Waals surface area (Å²) in [7, 11) is 1.38. The number of hydrogen-bond donors (Lipinski definition) is 0. The molecule has 0 saturated carbocycles. The van der Waals surface area contributed by atoms with Crippen LogP contribution in [0.25, 0.3) is 0 Å². The summed E-state index contributed by atoms with van der Waals surface area (Å²) in [6, 6.07) is 7.90. The molecule has 0 atom stereocenters. The zero-order valence-electron chi connectivity index (χ0n) is 9.00. The maximum Gasteiger partial charge on any atom is 0.305 e. The Labute approximate surface area is 103 Å². The fourth-order valence-corrected chi connectivity index (χ4v) is 1.99. The number of nitriles is 1. The van der Waals surface area contributed by atoms with E-state index in [-0.39, 0.29) is 5.97 Å². The van der Waals surface area contributed by atoms with Crippen LogP contribution in [0.1, 0.15) is 17.5 Å². The smallest absolute Gasteiger partial charge is 0.305 e. The van der Waals surface area contributed by atoms with Gasteiger partial charge in [0.15, 0.2) is 0 Å². The SMILES string of the molecule is COC(=O)CCc1cc(Br)cc(CC#N)c1. The number of carbonyl (C=O) groups is 1. The number of benzene rings is 1. The normalized spacial score (nSPS) is 9.56. The molecule has 0 fully saturated rings. The quantitative estimate of drug-likeness (QED) is 0.798. The molecule has 0 aliphatic heterocycles. The van der Waals surface area contributed by atoms with E-state index in [0.717, 1.165) is 15.6 Å². The summed E-state index contributed by atoms with van der Waals surface area (Å²) >= 11 is 3.38. The van der Waals surface area contributed by atoms with Crippen molar-refractivity contribution in [3.63, 3.8) is 0 Å². The lowest BCUT2D eigenvalue weighted by atomic mass is 10.1. The van der Waals surface area contributed by atoms with Gasteiger partial charge in [-0.2, -0.15) is 5.26 Å². The first-order valence-electron chi connectivity index (χ1n) is 4.88. The van der Waals surface area contributed by atoms with Gasteiger partial charge in [-0.3, -0.25) is 4.79 Å². The highest BCUT2D eigenvalue weighted by atomic mass is 79.9. The highest BCUT2D eigenvalue weighted by Crippen LogP contribution is 2.17. The Hall–Kier alpha value is -1.34. The number of ether oxygens (including phenoxy) is 1. The molecule has 1 aromatic rings. The van der Waals surface area contributed by atoms with Crippen molar-refractivity contribution in [2.75, 3.05) is 7.11 Å². The minimum Gasteiger partial charge on any atom is -0.469 e. The Morgan fingerprint density at radius 2 is 2.12 bits per heavy atom. The van der Waals surface area contributed by atoms with E-state index in [2.05, 4.69) is 26.7 Å². The second-order valence-electron chi connectivity index (χ2n) is 3.38. The molecule has 3 nitrogen and oxygen atoms in total. The van der Waals surface area contributed by atoms with E-state index in [1.54, 1.807) is 0 Å². The van der Waals surface area contributed by atoms with Gasteiger partial charge in [0.05, 0.1) is 19.6 Å². The van der Waals surface area contributed by atoms with Crippen LogP contribution in [0.15, 0.2) is 22.7 Å². The maximum absolute atomic E-state index is 11.0. The van der Waals surface area contributed by atoms with Gasteiger partial charge in [-0.05, 0) is 29.7 Å². The van der Waals surface area contributed by atoms with Crippen LogP contribution >= 0.6 is 15.9 Å². The molecule has 0 N–H and O–H groups in total. The standard InChI is InChI=1S/C12H12BrNO2/c1-16-12(15)3-2-9-6-10(4-5-14)8-11(13)7-9/h6-8H,2-4H2,1H3. The van der Waals surface area contributed by atoms with E-state index >= 15 is 0 Å². The minimum atomic E-state index is -0.221. The zero-order chi connectivity index (χ0) is 12.0. The van der Waals surface area contributed by atoms with Crippen LogP contribution < -0.4 is 0 Å². The number of esters is 1. The maximum atomic E-state index is 11.0. The monoisotopic (exact) mass is 281 g/mol. The van der Waals surface area contributed by atoms with Gasteiger partial charge in [-0.1, -0.05) is 22.0 Å². The molecular formula is C12H12BrNO2. The Kier molecular flexibility index (Phi) is 5.00. The lowest BCUT2D eigenvalue weighted by Gasteiger charge is -2.04. The molecule has 0 aliphatic carbocycles. The number of rotatable bonds is 4. The molecule has 16 heavy (non-hydrogen) atoms. The summed E-state index contributed by atoms with van der Waals surface area (Å²) in [4.78, 5) is 11.0. The van der Waals surface area contributed by atoms with Crippen LogP contribution in [0.3, 0.4) is 0 Å². The predicted octanol–water partition coefficient (Wildman–Crippen LogP) is 2.62. The van der Waals surface area contributed by atoms with Crippen molar-refractivity contribution in [2.24, 2.45) is 0 Å². The topological polar surface area (TPSA) is 50.1 Å². The van der Waals surface area contributed by atoms with Gasteiger partial charge in [-0.25, -0.2) is 0 Å². The van der Waals surface area contributed by atoms with Crippen molar-refractivity contribution < 1.29 is 9.53 Å². The largest absolute Gasteiger partial charge is 0.469 e. The van der Waals surface area contributed by atoms with Crippen LogP contribution in [0.5, 0.6) is 0 Å². The molecule has 0 aromatic heterocycles. The highest BCUT2D eigenvalue weighted by molar-refractivity contribution is 9.10. The molecule has 0 amide bonds. The van der Waals surface area contributed by atoms with E-state index in [1.807, 2.05) is 18.2 Å². The molecule has 0 saturated heterocycles. The molecule has 0 bridgehead atoms. The molecule has 0 radical (unpaired) electrons. The molecule has 4 heteroatoms. The summed E-state index contributed by atoms with van der Waals surface area (Å²) in [5, 5.41) is 8.62. The minimum absolute atomic E-state index is 0.221. The molecule has 1 aromatic carbocycles. The summed E-state index contributed by atoms with van der Waals surface area (Å²) < 4.78 is 5.51. The number of halogens is 1. The van der Waals surface area contributed by atoms with E-state index in [9.17, 15) is 4.79 Å². The summed E-state index contributed by atoms with van der Waals surface area (Å²) in [6.07, 6.45) is 1.37. The fourth-order valence-electron chi connectivity index (χ4n) is 1.40. The second kappa shape index (κ2) is 6.29. The van der Waals surface area contributed by atoms with Crippen molar-refractivity contribution >= 4 is 21.9 Å². The number of hydrogen-bond acceptors (Lipinski definition) is 3. The average molecular weight is 282 g/mol. The third-order valence-corrected chi connectivity index (χ3v) is 2.60. The van der Waals surface area contributed by atoms with Crippen molar-refractivity contribution in [3.8, 4) is 6.07 Å². The summed E-state index contributed by atoms with van der Waals surface area (Å²) in [5.74, 6) is -0.221. The Bertz CT molecular complexity index is 424. The van der Waals surface area contributed by atoms with Gasteiger partial charge in [0.2, 0.25) is 0 Å². The molecule has 0 heterocycles. The van der Waals surface area contributed by atoms with Crippen molar-refractivity contribution in [1.82, 2.24) is 0 Å². The van der Waals surface area contributed by atoms with E-state index < -0.39 is 0 Å². The van der Waals surface area contributed by atoms with Crippen LogP contribution in [-0.4, -0.2) is 13.1 Å². The van der Waals surface area contributed by atoms with Crippen molar-refractivity contribution in [2.45, 2.75) is 19.3 Å². The second-order valence-corrected chi connectivity index (χ2v) is 4.29. The average Bonchev–Trinajstić information content (AvgIpc) is 2.25. The third-order valence-electron chi connectivity index (χ3n) is 2.15. The lowest BCUT2D eigenvalue weighted by Crippen LogP contribution is -2.02. The fraction of sp³-hybridized carbons (Fsp3) is 0.333. The first-order chi connectivity index (χ1) is 7.65. The summed E-state index contributed by atoms with van der Waals surface area (Å²) in [6.45, 7) is 0. The predicted molar refractivity (Wildman–Crippen MR) is 63.8 cm³/mol. The number of aryl methyl sites for hydroxylation is 1. The van der Waals surface area contributed by atoms with Crippen LogP contribution in [0.2, 0.25) is 0 Å². The first-order valence-corrected chi connectivity index (χ1v) is 5.67. The number of carbonyl (C=O) groups excluding carboxylic acids is 1. The highest BCUT2D eigenvalue weighted by Gasteiger charge is 2.04. The van der Waals surface area contributed by atoms with Gasteiger partial charge >= 0.3 is 5.97 Å². The Balaban J connectivity index is 2.73. The van der Waals surface area contributed by atoms with Crippen LogP contribution in [-0.2, 0) is 22.4 Å². The van der Waals surface area contributed by atoms with Crippen LogP contribution in [0, 0.1) is 11.3 Å². The van der Waals surface area contributed by atoms with E-state index in [0.29, 0.717) is 19.3 Å². The van der Waals surface area contributed by atoms with Gasteiger partial charge in [0.1, 0.15) is 0 Å². The molecule has 84 valence electrons. The lowest BCUT2D eigenvalue weighted by molar-refractivity contribution is -0.140. The van der Waals surface area contributed by atoms with Crippen molar-refractivity contribution in [1.29, 1.82) is 5.26 Å². The Morgan fingerprint density at radius 3 is 2.75 bits per heavy atom. The van der Waals surface area contributed by atoms with Gasteiger partial charge in [-0.15, -0.1) is 0 Å². The summed E-state index contributed by atoms with van der Waals surface area (Å²) in [5.41, 5.74) is 1.99. The molecular weight excluding hydrogens is 270 g/mol. The van der Waals surface area contributed by atoms with Gasteiger partial charge in [0.25, 0.3) is 0 Å². The number of methoxy groups -OCH3 is 1. The number of nitrogens with zero attached hydrogens (tertiary/aromatic N) is 1. The van der Waals surface area contributed by atoms with Gasteiger partial charge < -0.3 is 4.74 Å². The third kappa shape index (κ3) is 4.03. The van der Waals surface area contributed by atoms with Crippen molar-refractivity contribution in [3.05, 3.63) is 33.8 Å². The Morgan fingerprint density at radius 1 is 1.44 bits per heavy atom. The zero-order valence-corrected chi connectivity index (χ0v) is 10.6. The first kappa shape index (κ1) is 12.7. The molecule has 0 spiro atoms. The van der Waals surface area contributed by atoms with Crippen LogP contribution in [0.4, 0.5) is 0 Å². The van der Waals surface area contributed by atoms with Gasteiger partial charge in [0, 0.05) is 10.9 Å². The molecule has 0 unspecified atom stereocenters. The molecule has 1 rings (SSSR count). The van der Waals surface area contributed by atoms with E-state index in [4.69, 9.17) is 5.26 Å². The molecule has 0 aliphatic rings.